The van der Waals surface area contributed by atoms with E-state index in [0.29, 0.717) is 11.7 Å². The van der Waals surface area contributed by atoms with Crippen LogP contribution in [0.15, 0.2) is 0 Å². The lowest BCUT2D eigenvalue weighted by Crippen LogP contribution is -2.10. The Bertz CT molecular complexity index is 189. The van der Waals surface area contributed by atoms with E-state index < -0.39 is 0 Å². The van der Waals surface area contributed by atoms with Crippen molar-refractivity contribution in [3.63, 3.8) is 0 Å². The van der Waals surface area contributed by atoms with Gasteiger partial charge in [-0.05, 0) is 25.7 Å². The van der Waals surface area contributed by atoms with Gasteiger partial charge in [-0.25, -0.2) is 0 Å². The van der Waals surface area contributed by atoms with Crippen LogP contribution in [0.25, 0.3) is 0 Å². The first-order chi connectivity index (χ1) is 7.84. The number of unbranched alkanes of at least 4 members (excludes halogenated alkanes) is 4. The molecule has 0 aliphatic heterocycles. The molecule has 1 rings (SSSR count). The normalized spacial score (nSPS) is 20.6. The Morgan fingerprint density at radius 2 is 2.00 bits per heavy atom. The zero-order chi connectivity index (χ0) is 11.6. The third kappa shape index (κ3) is 5.64. The number of carbonyl (C=O) groups excluding carboxylic acids is 1. The molecule has 1 fully saturated rings. The van der Waals surface area contributed by atoms with Crippen LogP contribution in [0.1, 0.15) is 64.7 Å². The highest BCUT2D eigenvalue weighted by atomic mass is 16.5. The van der Waals surface area contributed by atoms with Gasteiger partial charge in [0.1, 0.15) is 5.78 Å². The average Bonchev–Trinajstić information content (AvgIpc) is 2.68. The Labute approximate surface area is 99.8 Å². The molecule has 1 aliphatic carbocycles. The van der Waals surface area contributed by atoms with Crippen LogP contribution in [-0.4, -0.2) is 19.0 Å². The molecule has 1 saturated carbocycles. The summed E-state index contributed by atoms with van der Waals surface area (Å²) in [6, 6.07) is 0. The zero-order valence-electron chi connectivity index (χ0n) is 10.7. The summed E-state index contributed by atoms with van der Waals surface area (Å²) < 4.78 is 5.57. The molecule has 0 bridgehead atoms. The van der Waals surface area contributed by atoms with E-state index in [1.54, 1.807) is 0 Å². The Morgan fingerprint density at radius 3 is 2.69 bits per heavy atom. The van der Waals surface area contributed by atoms with Gasteiger partial charge >= 0.3 is 0 Å². The van der Waals surface area contributed by atoms with Crippen LogP contribution in [0.4, 0.5) is 0 Å². The van der Waals surface area contributed by atoms with Gasteiger partial charge < -0.3 is 4.74 Å². The van der Waals surface area contributed by atoms with Gasteiger partial charge in [0.2, 0.25) is 0 Å². The van der Waals surface area contributed by atoms with Gasteiger partial charge in [0.15, 0.2) is 0 Å². The fourth-order valence-corrected chi connectivity index (χ4v) is 2.33. The quantitative estimate of drug-likeness (QED) is 0.560. The van der Waals surface area contributed by atoms with Crippen molar-refractivity contribution in [2.75, 3.05) is 13.2 Å². The Morgan fingerprint density at radius 1 is 1.19 bits per heavy atom. The second-order valence-corrected chi connectivity index (χ2v) is 4.87. The molecule has 0 N–H and O–H groups in total. The molecule has 0 heterocycles. The summed E-state index contributed by atoms with van der Waals surface area (Å²) in [6.45, 7) is 3.89. The molecule has 2 nitrogen and oxygen atoms in total. The van der Waals surface area contributed by atoms with E-state index in [1.165, 1.54) is 32.1 Å². The molecule has 0 spiro atoms. The van der Waals surface area contributed by atoms with Crippen LogP contribution >= 0.6 is 0 Å². The maximum Gasteiger partial charge on any atom is 0.136 e. The van der Waals surface area contributed by atoms with E-state index in [2.05, 4.69) is 6.92 Å². The molecule has 94 valence electrons. The van der Waals surface area contributed by atoms with Crippen LogP contribution in [0, 0.1) is 5.92 Å². The van der Waals surface area contributed by atoms with E-state index in [4.69, 9.17) is 4.74 Å². The van der Waals surface area contributed by atoms with E-state index in [0.717, 1.165) is 38.9 Å². The average molecular weight is 226 g/mol. The molecular formula is C14H26O2. The van der Waals surface area contributed by atoms with Crippen molar-refractivity contribution in [1.29, 1.82) is 0 Å². The van der Waals surface area contributed by atoms with E-state index in [1.807, 2.05) is 0 Å². The number of rotatable bonds is 9. The second kappa shape index (κ2) is 8.74. The van der Waals surface area contributed by atoms with Gasteiger partial charge in [-0.3, -0.25) is 4.79 Å². The van der Waals surface area contributed by atoms with Crippen molar-refractivity contribution in [2.24, 2.45) is 5.92 Å². The summed E-state index contributed by atoms with van der Waals surface area (Å²) in [6.07, 6.45) is 10.4. The molecule has 1 unspecified atom stereocenters. The lowest BCUT2D eigenvalue weighted by Gasteiger charge is -2.08. The van der Waals surface area contributed by atoms with Gasteiger partial charge in [-0.15, -0.1) is 0 Å². The molecule has 0 aromatic rings. The smallest absolute Gasteiger partial charge is 0.136 e. The van der Waals surface area contributed by atoms with Gasteiger partial charge in [0.25, 0.3) is 0 Å². The highest BCUT2D eigenvalue weighted by Gasteiger charge is 2.23. The van der Waals surface area contributed by atoms with E-state index in [-0.39, 0.29) is 0 Å². The van der Waals surface area contributed by atoms with Crippen molar-refractivity contribution < 1.29 is 9.53 Å². The number of hydrogen-bond acceptors (Lipinski definition) is 2. The summed E-state index contributed by atoms with van der Waals surface area (Å²) in [4.78, 5) is 11.4. The van der Waals surface area contributed by atoms with Crippen LogP contribution < -0.4 is 0 Å². The fraction of sp³-hybridized carbons (Fsp3) is 0.929. The molecule has 0 aromatic carbocycles. The van der Waals surface area contributed by atoms with Crippen LogP contribution in [-0.2, 0) is 9.53 Å². The molecule has 1 atom stereocenters. The summed E-state index contributed by atoms with van der Waals surface area (Å²) in [5.74, 6) is 0.784. The molecule has 0 aromatic heterocycles. The SMILES string of the molecule is CCCCCCCOCCC1CCCC1=O. The minimum atomic E-state index is 0.320. The predicted octanol–water partition coefficient (Wildman–Crippen LogP) is 3.73. The maximum absolute atomic E-state index is 11.4. The van der Waals surface area contributed by atoms with E-state index >= 15 is 0 Å². The third-order valence-electron chi connectivity index (χ3n) is 3.43. The summed E-state index contributed by atoms with van der Waals surface area (Å²) >= 11 is 0. The third-order valence-corrected chi connectivity index (χ3v) is 3.43. The number of hydrogen-bond donors (Lipinski definition) is 0. The molecule has 1 aliphatic rings. The first-order valence-electron chi connectivity index (χ1n) is 6.95. The lowest BCUT2D eigenvalue weighted by atomic mass is 10.0. The summed E-state index contributed by atoms with van der Waals surface area (Å²) in [5.41, 5.74) is 0. The van der Waals surface area contributed by atoms with Crippen molar-refractivity contribution in [3.8, 4) is 0 Å². The standard InChI is InChI=1S/C14H26O2/c1-2-3-4-5-6-11-16-12-10-13-8-7-9-14(13)15/h13H,2-12H2,1H3. The Balaban J connectivity index is 1.83. The summed E-state index contributed by atoms with van der Waals surface area (Å²) in [7, 11) is 0. The maximum atomic E-state index is 11.4. The number of carbonyl (C=O) groups is 1. The topological polar surface area (TPSA) is 26.3 Å². The number of ketones is 1. The van der Waals surface area contributed by atoms with Crippen LogP contribution in [0.3, 0.4) is 0 Å². The first-order valence-corrected chi connectivity index (χ1v) is 6.95. The zero-order valence-corrected chi connectivity index (χ0v) is 10.7. The first kappa shape index (κ1) is 13.7. The van der Waals surface area contributed by atoms with Crippen molar-refractivity contribution in [2.45, 2.75) is 64.7 Å². The highest BCUT2D eigenvalue weighted by Crippen LogP contribution is 2.24. The largest absolute Gasteiger partial charge is 0.381 e. The number of Topliss-reactive ketones (excluding diaryl/α,β-unsaturated/α-hetero) is 1. The van der Waals surface area contributed by atoms with Gasteiger partial charge in [0, 0.05) is 25.6 Å². The fourth-order valence-electron chi connectivity index (χ4n) is 2.33. The van der Waals surface area contributed by atoms with Crippen molar-refractivity contribution in [1.82, 2.24) is 0 Å². The Kier molecular flexibility index (Phi) is 7.48. The molecule has 16 heavy (non-hydrogen) atoms. The minimum Gasteiger partial charge on any atom is -0.381 e. The second-order valence-electron chi connectivity index (χ2n) is 4.87. The van der Waals surface area contributed by atoms with Gasteiger partial charge in [-0.1, -0.05) is 32.6 Å². The molecule has 0 saturated heterocycles. The number of ether oxygens (including phenoxy) is 1. The Hall–Kier alpha value is -0.370. The molecule has 0 amide bonds. The lowest BCUT2D eigenvalue weighted by molar-refractivity contribution is -0.121. The van der Waals surface area contributed by atoms with Gasteiger partial charge in [-0.2, -0.15) is 0 Å². The van der Waals surface area contributed by atoms with Crippen LogP contribution in [0.2, 0.25) is 0 Å². The van der Waals surface area contributed by atoms with Gasteiger partial charge in [0.05, 0.1) is 0 Å². The van der Waals surface area contributed by atoms with Crippen molar-refractivity contribution >= 4 is 5.78 Å². The van der Waals surface area contributed by atoms with E-state index in [9.17, 15) is 4.79 Å². The summed E-state index contributed by atoms with van der Waals surface area (Å²) in [5, 5.41) is 0. The molecule has 2 heteroatoms. The predicted molar refractivity (Wildman–Crippen MR) is 66.5 cm³/mol. The van der Waals surface area contributed by atoms with Crippen LogP contribution in [0.5, 0.6) is 0 Å². The van der Waals surface area contributed by atoms with Crippen molar-refractivity contribution in [3.05, 3.63) is 0 Å². The highest BCUT2D eigenvalue weighted by molar-refractivity contribution is 5.82. The monoisotopic (exact) mass is 226 g/mol. The molecule has 0 radical (unpaired) electrons. The molecular weight excluding hydrogens is 200 g/mol. The minimum absolute atomic E-state index is 0.320.